The van der Waals surface area contributed by atoms with Crippen LogP contribution >= 0.6 is 0 Å². The highest BCUT2D eigenvalue weighted by Crippen LogP contribution is 2.37. The summed E-state index contributed by atoms with van der Waals surface area (Å²) in [5.41, 5.74) is 2.50. The van der Waals surface area contributed by atoms with E-state index in [2.05, 4.69) is 45.2 Å². The molecule has 108 valence electrons. The molecule has 3 heteroatoms. The van der Waals surface area contributed by atoms with Gasteiger partial charge in [0.2, 0.25) is 5.95 Å². The van der Waals surface area contributed by atoms with Crippen molar-refractivity contribution in [3.05, 3.63) is 53.9 Å². The van der Waals surface area contributed by atoms with Gasteiger partial charge in [-0.3, -0.25) is 0 Å². The van der Waals surface area contributed by atoms with E-state index >= 15 is 0 Å². The molecular formula is C18H21N3. The van der Waals surface area contributed by atoms with Crippen molar-refractivity contribution >= 4 is 5.95 Å². The Kier molecular flexibility index (Phi) is 3.34. The van der Waals surface area contributed by atoms with Crippen LogP contribution < -0.4 is 4.90 Å². The van der Waals surface area contributed by atoms with E-state index in [9.17, 15) is 0 Å². The van der Waals surface area contributed by atoms with E-state index in [0.29, 0.717) is 12.1 Å². The summed E-state index contributed by atoms with van der Waals surface area (Å²) in [7, 11) is 0. The molecular weight excluding hydrogens is 258 g/mol. The number of benzene rings is 1. The second-order valence-corrected chi connectivity index (χ2v) is 6.28. The number of fused-ring (bicyclic) bond motifs is 2. The van der Waals surface area contributed by atoms with Crippen molar-refractivity contribution in [2.24, 2.45) is 0 Å². The van der Waals surface area contributed by atoms with Crippen molar-refractivity contribution in [1.29, 1.82) is 0 Å². The Bertz CT molecular complexity index is 578. The van der Waals surface area contributed by atoms with Crippen molar-refractivity contribution in [3.63, 3.8) is 0 Å². The van der Waals surface area contributed by atoms with Crippen LogP contribution in [0.5, 0.6) is 0 Å². The maximum atomic E-state index is 4.65. The Morgan fingerprint density at radius 1 is 0.857 bits per heavy atom. The molecule has 0 saturated carbocycles. The van der Waals surface area contributed by atoms with E-state index in [1.165, 1.54) is 43.2 Å². The van der Waals surface area contributed by atoms with Crippen LogP contribution in [-0.4, -0.2) is 22.1 Å². The van der Waals surface area contributed by atoms with Gasteiger partial charge < -0.3 is 4.90 Å². The van der Waals surface area contributed by atoms with Gasteiger partial charge in [-0.15, -0.1) is 0 Å². The van der Waals surface area contributed by atoms with Crippen molar-refractivity contribution in [2.75, 3.05) is 4.90 Å². The smallest absolute Gasteiger partial charge is 0.225 e. The zero-order chi connectivity index (χ0) is 14.1. The second-order valence-electron chi connectivity index (χ2n) is 6.28. The maximum absolute atomic E-state index is 4.65. The van der Waals surface area contributed by atoms with E-state index < -0.39 is 0 Å². The van der Waals surface area contributed by atoms with Gasteiger partial charge in [-0.1, -0.05) is 30.3 Å². The first-order valence-corrected chi connectivity index (χ1v) is 8.03. The Balaban J connectivity index is 1.51. The normalized spacial score (nSPS) is 24.3. The quantitative estimate of drug-likeness (QED) is 0.859. The third-order valence-corrected chi connectivity index (χ3v) is 4.87. The SMILES string of the molecule is c1ccc(Cc2cnc(N3C4CCCC3CC4)nc2)cc1. The largest absolute Gasteiger partial charge is 0.335 e. The lowest BCUT2D eigenvalue weighted by molar-refractivity contribution is 0.460. The van der Waals surface area contributed by atoms with E-state index in [4.69, 9.17) is 0 Å². The summed E-state index contributed by atoms with van der Waals surface area (Å²) in [5, 5.41) is 0. The molecule has 0 radical (unpaired) electrons. The topological polar surface area (TPSA) is 29.0 Å². The molecule has 1 aromatic carbocycles. The molecule has 2 aliphatic rings. The van der Waals surface area contributed by atoms with Crippen LogP contribution in [-0.2, 0) is 6.42 Å². The van der Waals surface area contributed by atoms with Gasteiger partial charge >= 0.3 is 0 Å². The fourth-order valence-corrected chi connectivity index (χ4v) is 3.85. The zero-order valence-corrected chi connectivity index (χ0v) is 12.3. The zero-order valence-electron chi connectivity index (χ0n) is 12.3. The van der Waals surface area contributed by atoms with Gasteiger partial charge in [-0.2, -0.15) is 0 Å². The summed E-state index contributed by atoms with van der Waals surface area (Å²) in [6.45, 7) is 0. The van der Waals surface area contributed by atoms with Crippen molar-refractivity contribution in [2.45, 2.75) is 50.6 Å². The third kappa shape index (κ3) is 2.53. The first kappa shape index (κ1) is 12.8. The van der Waals surface area contributed by atoms with Gasteiger partial charge in [0.15, 0.2) is 0 Å². The average Bonchev–Trinajstić information content (AvgIpc) is 2.78. The van der Waals surface area contributed by atoms with Crippen molar-refractivity contribution in [1.82, 2.24) is 9.97 Å². The third-order valence-electron chi connectivity index (χ3n) is 4.87. The van der Waals surface area contributed by atoms with Gasteiger partial charge in [0.05, 0.1) is 0 Å². The van der Waals surface area contributed by atoms with Crippen molar-refractivity contribution in [3.8, 4) is 0 Å². The average molecular weight is 279 g/mol. The van der Waals surface area contributed by atoms with Gasteiger partial charge in [0.1, 0.15) is 0 Å². The first-order valence-electron chi connectivity index (χ1n) is 8.03. The van der Waals surface area contributed by atoms with Gasteiger partial charge in [0, 0.05) is 30.9 Å². The maximum Gasteiger partial charge on any atom is 0.225 e. The van der Waals surface area contributed by atoms with Gasteiger partial charge in [-0.05, 0) is 43.2 Å². The van der Waals surface area contributed by atoms with Crippen LogP contribution in [0.2, 0.25) is 0 Å². The van der Waals surface area contributed by atoms with E-state index in [1.807, 2.05) is 12.4 Å². The van der Waals surface area contributed by atoms with E-state index in [0.717, 1.165) is 12.4 Å². The van der Waals surface area contributed by atoms with Crippen molar-refractivity contribution < 1.29 is 0 Å². The molecule has 0 spiro atoms. The fourth-order valence-electron chi connectivity index (χ4n) is 3.85. The molecule has 1 aromatic heterocycles. The molecule has 2 aliphatic heterocycles. The number of anilines is 1. The summed E-state index contributed by atoms with van der Waals surface area (Å²) in [6, 6.07) is 11.9. The molecule has 0 amide bonds. The highest BCUT2D eigenvalue weighted by atomic mass is 15.3. The molecule has 3 heterocycles. The number of aromatic nitrogens is 2. The summed E-state index contributed by atoms with van der Waals surface area (Å²) >= 11 is 0. The van der Waals surface area contributed by atoms with Gasteiger partial charge in [-0.25, -0.2) is 9.97 Å². The van der Waals surface area contributed by atoms with Crippen LogP contribution in [0.25, 0.3) is 0 Å². The molecule has 2 aromatic rings. The Hall–Kier alpha value is -1.90. The lowest BCUT2D eigenvalue weighted by Gasteiger charge is -2.34. The van der Waals surface area contributed by atoms with Crippen LogP contribution in [0.1, 0.15) is 43.2 Å². The lowest BCUT2D eigenvalue weighted by Crippen LogP contribution is -2.40. The van der Waals surface area contributed by atoms with E-state index in [1.54, 1.807) is 0 Å². The molecule has 4 rings (SSSR count). The molecule has 0 aliphatic carbocycles. The number of hydrogen-bond acceptors (Lipinski definition) is 3. The summed E-state index contributed by atoms with van der Waals surface area (Å²) < 4.78 is 0. The highest BCUT2D eigenvalue weighted by Gasteiger charge is 2.37. The second kappa shape index (κ2) is 5.47. The van der Waals surface area contributed by atoms with E-state index in [-0.39, 0.29) is 0 Å². The molecule has 3 nitrogen and oxygen atoms in total. The molecule has 0 N–H and O–H groups in total. The standard InChI is InChI=1S/C18H21N3/c1-2-5-14(6-3-1)11-15-12-19-18(20-13-15)21-16-7-4-8-17(21)10-9-16/h1-3,5-6,12-13,16-17H,4,7-11H2. The fraction of sp³-hybridized carbons (Fsp3) is 0.444. The Morgan fingerprint density at radius 3 is 2.19 bits per heavy atom. The minimum absolute atomic E-state index is 0.684. The van der Waals surface area contributed by atoms with Crippen LogP contribution in [0.4, 0.5) is 5.95 Å². The minimum atomic E-state index is 0.684. The summed E-state index contributed by atoms with van der Waals surface area (Å²) in [5.74, 6) is 0.944. The predicted molar refractivity (Wildman–Crippen MR) is 84.4 cm³/mol. The number of hydrogen-bond donors (Lipinski definition) is 0. The predicted octanol–water partition coefficient (Wildman–Crippen LogP) is 3.59. The molecule has 2 fully saturated rings. The van der Waals surface area contributed by atoms with Crippen LogP contribution in [0.3, 0.4) is 0 Å². The highest BCUT2D eigenvalue weighted by molar-refractivity contribution is 5.37. The molecule has 2 saturated heterocycles. The lowest BCUT2D eigenvalue weighted by atomic mass is 10.0. The van der Waals surface area contributed by atoms with Crippen LogP contribution in [0.15, 0.2) is 42.7 Å². The Labute approximate surface area is 126 Å². The minimum Gasteiger partial charge on any atom is -0.335 e. The number of piperidine rings is 1. The number of nitrogens with zero attached hydrogens (tertiary/aromatic N) is 3. The molecule has 2 bridgehead atoms. The Morgan fingerprint density at radius 2 is 1.52 bits per heavy atom. The number of rotatable bonds is 3. The van der Waals surface area contributed by atoms with Crippen LogP contribution in [0, 0.1) is 0 Å². The molecule has 2 atom stereocenters. The van der Waals surface area contributed by atoms with Gasteiger partial charge in [0.25, 0.3) is 0 Å². The monoisotopic (exact) mass is 279 g/mol. The molecule has 21 heavy (non-hydrogen) atoms. The molecule has 2 unspecified atom stereocenters. The first-order chi connectivity index (χ1) is 10.4. The summed E-state index contributed by atoms with van der Waals surface area (Å²) in [6.07, 6.45) is 11.6. The summed E-state index contributed by atoms with van der Waals surface area (Å²) in [4.78, 5) is 11.8.